The van der Waals surface area contributed by atoms with Crippen LogP contribution in [0.2, 0.25) is 0 Å². The second-order valence-corrected chi connectivity index (χ2v) is 4.12. The van der Waals surface area contributed by atoms with Crippen LogP contribution in [0.25, 0.3) is 0 Å². The van der Waals surface area contributed by atoms with Crippen LogP contribution >= 0.6 is 12.4 Å². The molecule has 0 heterocycles. The molecule has 0 fully saturated rings. The van der Waals surface area contributed by atoms with Crippen molar-refractivity contribution >= 4 is 18.3 Å². The van der Waals surface area contributed by atoms with Crippen LogP contribution in [0, 0.1) is 5.82 Å². The van der Waals surface area contributed by atoms with E-state index in [9.17, 15) is 14.3 Å². The van der Waals surface area contributed by atoms with Gasteiger partial charge in [-0.25, -0.2) is 4.39 Å². The number of benzene rings is 1. The zero-order chi connectivity index (χ0) is 14.1. The molecule has 5 nitrogen and oxygen atoms in total. The van der Waals surface area contributed by atoms with Crippen LogP contribution in [-0.4, -0.2) is 36.8 Å². The van der Waals surface area contributed by atoms with E-state index >= 15 is 0 Å². The highest BCUT2D eigenvalue weighted by Crippen LogP contribution is 2.11. The average Bonchev–Trinajstić information content (AvgIpc) is 2.42. The van der Waals surface area contributed by atoms with Crippen molar-refractivity contribution in [1.82, 2.24) is 5.32 Å². The molecule has 0 spiro atoms. The molecule has 0 bridgehead atoms. The minimum absolute atomic E-state index is 0. The molecule has 1 rings (SSSR count). The van der Waals surface area contributed by atoms with Crippen LogP contribution in [0.15, 0.2) is 24.3 Å². The Morgan fingerprint density at radius 2 is 2.05 bits per heavy atom. The normalized spacial score (nSPS) is 11.3. The summed E-state index contributed by atoms with van der Waals surface area (Å²) in [6, 6.07) is 5.50. The Morgan fingerprint density at radius 1 is 1.40 bits per heavy atom. The van der Waals surface area contributed by atoms with Crippen LogP contribution in [-0.2, 0) is 4.79 Å². The number of carbonyl (C=O) groups is 1. The maximum Gasteiger partial charge on any atom is 0.220 e. The molecule has 1 unspecified atom stereocenters. The monoisotopic (exact) mass is 306 g/mol. The number of nitrogens with two attached hydrogens (primary N) is 1. The Kier molecular flexibility index (Phi) is 9.71. The van der Waals surface area contributed by atoms with Gasteiger partial charge < -0.3 is 20.9 Å². The Balaban J connectivity index is 0.00000361. The quantitative estimate of drug-likeness (QED) is 0.664. The number of aliphatic hydroxyl groups is 1. The smallest absolute Gasteiger partial charge is 0.220 e. The third kappa shape index (κ3) is 7.93. The van der Waals surface area contributed by atoms with Crippen molar-refractivity contribution < 1.29 is 19.0 Å². The lowest BCUT2D eigenvalue weighted by Crippen LogP contribution is -2.35. The maximum absolute atomic E-state index is 12.6. The zero-order valence-electron chi connectivity index (χ0n) is 11.0. The number of amides is 1. The van der Waals surface area contributed by atoms with Crippen molar-refractivity contribution in [2.24, 2.45) is 5.73 Å². The van der Waals surface area contributed by atoms with E-state index in [1.54, 1.807) is 0 Å². The van der Waals surface area contributed by atoms with Gasteiger partial charge in [-0.05, 0) is 37.2 Å². The van der Waals surface area contributed by atoms with Crippen molar-refractivity contribution in [2.75, 3.05) is 19.7 Å². The van der Waals surface area contributed by atoms with Crippen molar-refractivity contribution in [1.29, 1.82) is 0 Å². The van der Waals surface area contributed by atoms with Gasteiger partial charge in [-0.15, -0.1) is 12.4 Å². The summed E-state index contributed by atoms with van der Waals surface area (Å²) in [6.07, 6.45) is 0.155. The predicted molar refractivity (Wildman–Crippen MR) is 76.4 cm³/mol. The van der Waals surface area contributed by atoms with Crippen LogP contribution in [0.3, 0.4) is 0 Å². The molecule has 0 aliphatic rings. The first-order chi connectivity index (χ1) is 9.11. The molecule has 4 N–H and O–H groups in total. The predicted octanol–water partition coefficient (Wildman–Crippen LogP) is 0.842. The average molecular weight is 307 g/mol. The van der Waals surface area contributed by atoms with Gasteiger partial charge in [0.15, 0.2) is 0 Å². The molecule has 0 saturated carbocycles. The highest BCUT2D eigenvalue weighted by atomic mass is 35.5. The van der Waals surface area contributed by atoms with Gasteiger partial charge in [-0.1, -0.05) is 0 Å². The second-order valence-electron chi connectivity index (χ2n) is 4.12. The zero-order valence-corrected chi connectivity index (χ0v) is 11.9. The fourth-order valence-electron chi connectivity index (χ4n) is 1.36. The van der Waals surface area contributed by atoms with E-state index in [4.69, 9.17) is 10.5 Å². The number of hydrogen-bond acceptors (Lipinski definition) is 4. The van der Waals surface area contributed by atoms with Gasteiger partial charge in [0.05, 0.1) is 0 Å². The number of hydrogen-bond donors (Lipinski definition) is 3. The molecular formula is C13H20ClFN2O3. The number of aliphatic hydroxyl groups excluding tert-OH is 1. The van der Waals surface area contributed by atoms with Crippen molar-refractivity contribution in [3.63, 3.8) is 0 Å². The molecule has 0 aliphatic heterocycles. The van der Waals surface area contributed by atoms with Crippen LogP contribution in [0.1, 0.15) is 12.8 Å². The lowest BCUT2D eigenvalue weighted by Gasteiger charge is -2.13. The standard InChI is InChI=1S/C13H19FN2O3.ClH/c14-10-3-5-12(6-4-10)19-9-11(17)8-16-13(18)2-1-7-15;/h3-6,11,17H,1-2,7-9,15H2,(H,16,18);1H. The first-order valence-corrected chi connectivity index (χ1v) is 6.15. The lowest BCUT2D eigenvalue weighted by atomic mass is 10.3. The van der Waals surface area contributed by atoms with Gasteiger partial charge in [0.2, 0.25) is 5.91 Å². The van der Waals surface area contributed by atoms with E-state index in [0.717, 1.165) is 0 Å². The summed E-state index contributed by atoms with van der Waals surface area (Å²) >= 11 is 0. The molecular weight excluding hydrogens is 287 g/mol. The Hall–Kier alpha value is -1.37. The molecule has 7 heteroatoms. The highest BCUT2D eigenvalue weighted by molar-refractivity contribution is 5.85. The lowest BCUT2D eigenvalue weighted by molar-refractivity contribution is -0.121. The van der Waals surface area contributed by atoms with Crippen LogP contribution in [0.5, 0.6) is 5.75 Å². The van der Waals surface area contributed by atoms with Gasteiger partial charge in [-0.2, -0.15) is 0 Å². The van der Waals surface area contributed by atoms with E-state index in [1.807, 2.05) is 0 Å². The fourth-order valence-corrected chi connectivity index (χ4v) is 1.36. The molecule has 1 aromatic rings. The molecule has 0 saturated heterocycles. The van der Waals surface area contributed by atoms with Crippen molar-refractivity contribution in [3.05, 3.63) is 30.1 Å². The van der Waals surface area contributed by atoms with E-state index in [1.165, 1.54) is 24.3 Å². The summed E-state index contributed by atoms with van der Waals surface area (Å²) in [5.74, 6) is -0.0266. The molecule has 1 amide bonds. The molecule has 0 aliphatic carbocycles. The third-order valence-corrected chi connectivity index (χ3v) is 2.40. The van der Waals surface area contributed by atoms with E-state index in [2.05, 4.69) is 5.32 Å². The van der Waals surface area contributed by atoms with Crippen LogP contribution in [0.4, 0.5) is 4.39 Å². The molecule has 0 aromatic heterocycles. The summed E-state index contributed by atoms with van der Waals surface area (Å²) in [5.41, 5.74) is 5.28. The molecule has 1 aromatic carbocycles. The number of halogens is 2. The SMILES string of the molecule is Cl.NCCCC(=O)NCC(O)COc1ccc(F)cc1. The van der Waals surface area contributed by atoms with Gasteiger partial charge >= 0.3 is 0 Å². The minimum Gasteiger partial charge on any atom is -0.491 e. The van der Waals surface area contributed by atoms with Gasteiger partial charge in [-0.3, -0.25) is 4.79 Å². The number of carbonyl (C=O) groups excluding carboxylic acids is 1. The summed E-state index contributed by atoms with van der Waals surface area (Å²) < 4.78 is 17.9. The second kappa shape index (κ2) is 10.4. The maximum atomic E-state index is 12.6. The molecule has 1 atom stereocenters. The van der Waals surface area contributed by atoms with E-state index < -0.39 is 6.10 Å². The number of ether oxygens (including phenoxy) is 1. The number of nitrogens with one attached hydrogen (secondary N) is 1. The molecule has 20 heavy (non-hydrogen) atoms. The largest absolute Gasteiger partial charge is 0.491 e. The summed E-state index contributed by atoms with van der Waals surface area (Å²) in [4.78, 5) is 11.3. The first-order valence-electron chi connectivity index (χ1n) is 6.15. The van der Waals surface area contributed by atoms with Gasteiger partial charge in [0, 0.05) is 13.0 Å². The van der Waals surface area contributed by atoms with Gasteiger partial charge in [0.25, 0.3) is 0 Å². The molecule has 114 valence electrons. The number of rotatable bonds is 8. The Bertz CT molecular complexity index is 390. The summed E-state index contributed by atoms with van der Waals surface area (Å²) in [6.45, 7) is 0.608. The van der Waals surface area contributed by atoms with Crippen molar-refractivity contribution in [3.8, 4) is 5.75 Å². The fraction of sp³-hybridized carbons (Fsp3) is 0.462. The van der Waals surface area contributed by atoms with E-state index in [-0.39, 0.29) is 37.3 Å². The summed E-state index contributed by atoms with van der Waals surface area (Å²) in [5, 5.41) is 12.2. The van der Waals surface area contributed by atoms with Crippen LogP contribution < -0.4 is 15.8 Å². The molecule has 0 radical (unpaired) electrons. The Labute approximate surface area is 123 Å². The van der Waals surface area contributed by atoms with E-state index in [0.29, 0.717) is 25.1 Å². The van der Waals surface area contributed by atoms with Crippen molar-refractivity contribution in [2.45, 2.75) is 18.9 Å². The topological polar surface area (TPSA) is 84.6 Å². The highest BCUT2D eigenvalue weighted by Gasteiger charge is 2.07. The first kappa shape index (κ1) is 18.6. The Morgan fingerprint density at radius 3 is 2.65 bits per heavy atom. The third-order valence-electron chi connectivity index (χ3n) is 2.40. The van der Waals surface area contributed by atoms with Gasteiger partial charge in [0.1, 0.15) is 24.3 Å². The minimum atomic E-state index is -0.813. The summed E-state index contributed by atoms with van der Waals surface area (Å²) in [7, 11) is 0.